The molecule has 1 aliphatic carbocycles. The summed E-state index contributed by atoms with van der Waals surface area (Å²) in [5.74, 6) is 1.36. The van der Waals surface area contributed by atoms with Crippen molar-refractivity contribution in [1.29, 1.82) is 0 Å². The summed E-state index contributed by atoms with van der Waals surface area (Å²) >= 11 is 6.22. The van der Waals surface area contributed by atoms with Crippen LogP contribution in [0.15, 0.2) is 36.4 Å². The van der Waals surface area contributed by atoms with Crippen LogP contribution in [-0.4, -0.2) is 51.0 Å². The van der Waals surface area contributed by atoms with Gasteiger partial charge in [-0.15, -0.1) is 0 Å². The number of phenols is 1. The predicted octanol–water partition coefficient (Wildman–Crippen LogP) is 5.47. The lowest BCUT2D eigenvalue weighted by Crippen LogP contribution is -2.36. The van der Waals surface area contributed by atoms with Gasteiger partial charge < -0.3 is 30.0 Å². The summed E-state index contributed by atoms with van der Waals surface area (Å²) in [6.07, 6.45) is 1.43. The smallest absolute Gasteiger partial charge is 0.323 e. The molecule has 2 aliphatic rings. The van der Waals surface area contributed by atoms with E-state index in [1.54, 1.807) is 44.6 Å². The van der Waals surface area contributed by atoms with Crippen molar-refractivity contribution in [2.75, 3.05) is 45.6 Å². The maximum atomic E-state index is 13.0. The van der Waals surface area contributed by atoms with Gasteiger partial charge in [0.25, 0.3) is 0 Å². The quantitative estimate of drug-likeness (QED) is 0.395. The standard InChI is InChI=1S/C27H28ClN3O5/c1-31-10-9-14-11-21(35-3)26(36-4)24-22(14)19(31)12-15-18(13-20(34-2)25(32)23(15)24)30-27(33)29-17-8-6-5-7-16(17)28/h5-8,11,13,19,32H,9-10,12H2,1-4H3,(H2,29,30,33)/t19-/m0/s1. The van der Waals surface area contributed by atoms with Crippen LogP contribution in [0.2, 0.25) is 5.02 Å². The Labute approximate surface area is 214 Å². The Hall–Kier alpha value is -3.62. The zero-order valence-corrected chi connectivity index (χ0v) is 21.3. The van der Waals surface area contributed by atoms with Crippen LogP contribution in [0.5, 0.6) is 23.0 Å². The Morgan fingerprint density at radius 1 is 1.03 bits per heavy atom. The van der Waals surface area contributed by atoms with Crippen molar-refractivity contribution in [2.45, 2.75) is 18.9 Å². The highest BCUT2D eigenvalue weighted by Crippen LogP contribution is 2.57. The Kier molecular flexibility index (Phi) is 6.32. The number of nitrogens with one attached hydrogen (secondary N) is 2. The van der Waals surface area contributed by atoms with Crippen molar-refractivity contribution < 1.29 is 24.1 Å². The first-order chi connectivity index (χ1) is 17.4. The fraction of sp³-hybridized carbons (Fsp3) is 0.296. The van der Waals surface area contributed by atoms with Crippen LogP contribution in [0, 0.1) is 0 Å². The van der Waals surface area contributed by atoms with E-state index in [0.29, 0.717) is 39.9 Å². The number of carbonyl (C=O) groups is 1. The van der Waals surface area contributed by atoms with Crippen molar-refractivity contribution in [3.63, 3.8) is 0 Å². The highest BCUT2D eigenvalue weighted by Gasteiger charge is 2.39. The number of benzene rings is 3. The van der Waals surface area contributed by atoms with Gasteiger partial charge >= 0.3 is 6.03 Å². The number of fused-ring (bicyclic) bond motifs is 2. The van der Waals surface area contributed by atoms with Crippen LogP contribution in [0.3, 0.4) is 0 Å². The molecule has 0 fully saturated rings. The van der Waals surface area contributed by atoms with Crippen molar-refractivity contribution in [3.05, 3.63) is 58.1 Å². The van der Waals surface area contributed by atoms with E-state index in [9.17, 15) is 9.90 Å². The van der Waals surface area contributed by atoms with Gasteiger partial charge in [-0.1, -0.05) is 23.7 Å². The lowest BCUT2D eigenvalue weighted by molar-refractivity contribution is 0.226. The number of urea groups is 1. The molecule has 0 radical (unpaired) electrons. The first kappa shape index (κ1) is 24.1. The molecule has 36 heavy (non-hydrogen) atoms. The van der Waals surface area contributed by atoms with Gasteiger partial charge in [0.1, 0.15) is 0 Å². The van der Waals surface area contributed by atoms with Crippen molar-refractivity contribution in [3.8, 4) is 34.1 Å². The van der Waals surface area contributed by atoms with Gasteiger partial charge in [0, 0.05) is 29.8 Å². The number of phenolic OH excluding ortho intramolecular Hbond substituents is 1. The van der Waals surface area contributed by atoms with Crippen molar-refractivity contribution >= 4 is 29.0 Å². The number of nitrogens with zero attached hydrogens (tertiary/aromatic N) is 1. The molecular weight excluding hydrogens is 482 g/mol. The van der Waals surface area contributed by atoms with Crippen molar-refractivity contribution in [1.82, 2.24) is 4.90 Å². The summed E-state index contributed by atoms with van der Waals surface area (Å²) in [5.41, 5.74) is 5.39. The number of para-hydroxylation sites is 1. The van der Waals surface area contributed by atoms with Crippen LogP contribution in [0.25, 0.3) is 11.1 Å². The number of hydrogen-bond donors (Lipinski definition) is 3. The molecule has 3 N–H and O–H groups in total. The molecule has 2 amide bonds. The Morgan fingerprint density at radius 3 is 2.44 bits per heavy atom. The molecular formula is C27H28ClN3O5. The van der Waals surface area contributed by atoms with E-state index in [-0.39, 0.29) is 17.5 Å². The normalized spacial score (nSPS) is 16.0. The fourth-order valence-corrected chi connectivity index (χ4v) is 5.48. The number of likely N-dealkylation sites (N-methyl/N-ethyl adjacent to an activating group) is 1. The highest BCUT2D eigenvalue weighted by atomic mass is 35.5. The van der Waals surface area contributed by atoms with Gasteiger partial charge in [-0.2, -0.15) is 0 Å². The van der Waals surface area contributed by atoms with Crippen LogP contribution in [-0.2, 0) is 12.8 Å². The van der Waals surface area contributed by atoms with Crippen LogP contribution >= 0.6 is 11.6 Å². The molecule has 0 saturated carbocycles. The minimum atomic E-state index is -0.459. The number of hydrogen-bond acceptors (Lipinski definition) is 6. The number of ether oxygens (including phenoxy) is 3. The zero-order valence-electron chi connectivity index (χ0n) is 20.6. The first-order valence-electron chi connectivity index (χ1n) is 11.6. The van der Waals surface area contributed by atoms with E-state index < -0.39 is 6.03 Å². The van der Waals surface area contributed by atoms with E-state index in [0.717, 1.165) is 35.2 Å². The zero-order chi connectivity index (χ0) is 25.6. The number of amides is 2. The SMILES string of the molecule is COc1cc(NC(=O)Nc2ccccc2Cl)c2c(c1O)-c1c(OC)c(OC)cc3c1[C@H](C2)N(C)CC3. The molecule has 8 nitrogen and oxygen atoms in total. The third kappa shape index (κ3) is 3.86. The van der Waals surface area contributed by atoms with E-state index >= 15 is 0 Å². The highest BCUT2D eigenvalue weighted by molar-refractivity contribution is 6.33. The number of rotatable bonds is 5. The summed E-state index contributed by atoms with van der Waals surface area (Å²) in [5, 5.41) is 17.5. The van der Waals surface area contributed by atoms with Crippen molar-refractivity contribution in [2.24, 2.45) is 0 Å². The second-order valence-electron chi connectivity index (χ2n) is 8.90. The molecule has 1 aliphatic heterocycles. The summed E-state index contributed by atoms with van der Waals surface area (Å²) in [7, 11) is 6.75. The summed E-state index contributed by atoms with van der Waals surface area (Å²) < 4.78 is 17.0. The average Bonchev–Trinajstić information content (AvgIpc) is 2.88. The largest absolute Gasteiger partial charge is 0.504 e. The molecule has 0 saturated heterocycles. The fourth-order valence-electron chi connectivity index (χ4n) is 5.30. The van der Waals surface area contributed by atoms with Crippen LogP contribution in [0.1, 0.15) is 22.7 Å². The lowest BCUT2D eigenvalue weighted by Gasteiger charge is -2.41. The maximum absolute atomic E-state index is 13.0. The third-order valence-corrected chi connectivity index (χ3v) is 7.33. The summed E-state index contributed by atoms with van der Waals surface area (Å²) in [4.78, 5) is 15.3. The third-order valence-electron chi connectivity index (χ3n) is 7.00. The molecule has 3 aromatic carbocycles. The molecule has 188 valence electrons. The molecule has 0 unspecified atom stereocenters. The lowest BCUT2D eigenvalue weighted by atomic mass is 9.75. The van der Waals surface area contributed by atoms with Gasteiger partial charge in [-0.05, 0) is 54.8 Å². The van der Waals surface area contributed by atoms with E-state index in [1.165, 1.54) is 7.11 Å². The Morgan fingerprint density at radius 2 is 1.75 bits per heavy atom. The van der Waals surface area contributed by atoms with E-state index in [4.69, 9.17) is 25.8 Å². The van der Waals surface area contributed by atoms with Gasteiger partial charge in [-0.25, -0.2) is 4.79 Å². The van der Waals surface area contributed by atoms with Gasteiger partial charge in [0.2, 0.25) is 0 Å². The van der Waals surface area contributed by atoms with Crippen LogP contribution < -0.4 is 24.8 Å². The number of aromatic hydroxyl groups is 1. The number of carbonyl (C=O) groups excluding carboxylic acids is 1. The second kappa shape index (κ2) is 9.44. The van der Waals surface area contributed by atoms with Gasteiger partial charge in [-0.3, -0.25) is 4.90 Å². The molecule has 1 atom stereocenters. The van der Waals surface area contributed by atoms with Gasteiger partial charge in [0.15, 0.2) is 23.0 Å². The summed E-state index contributed by atoms with van der Waals surface area (Å²) in [6.45, 7) is 0.875. The molecule has 5 rings (SSSR count). The summed E-state index contributed by atoms with van der Waals surface area (Å²) in [6, 6.07) is 10.3. The molecule has 1 heterocycles. The second-order valence-corrected chi connectivity index (χ2v) is 9.31. The number of halogens is 1. The molecule has 3 aromatic rings. The molecule has 0 spiro atoms. The number of methoxy groups -OCH3 is 3. The molecule has 0 aromatic heterocycles. The van der Waals surface area contributed by atoms with Gasteiger partial charge in [0.05, 0.1) is 37.7 Å². The van der Waals surface area contributed by atoms with Crippen LogP contribution in [0.4, 0.5) is 16.2 Å². The monoisotopic (exact) mass is 509 g/mol. The maximum Gasteiger partial charge on any atom is 0.323 e. The number of anilines is 2. The Balaban J connectivity index is 1.69. The first-order valence-corrected chi connectivity index (χ1v) is 12.0. The average molecular weight is 510 g/mol. The molecule has 0 bridgehead atoms. The topological polar surface area (TPSA) is 92.3 Å². The molecule has 9 heteroatoms. The Bertz CT molecular complexity index is 1360. The minimum absolute atomic E-state index is 0.00927. The predicted molar refractivity (Wildman–Crippen MR) is 140 cm³/mol. The van der Waals surface area contributed by atoms with E-state index in [2.05, 4.69) is 22.6 Å². The van der Waals surface area contributed by atoms with E-state index in [1.807, 2.05) is 6.07 Å². The minimum Gasteiger partial charge on any atom is -0.504 e.